The monoisotopic (exact) mass is 186 g/mol. The lowest BCUT2D eigenvalue weighted by Crippen LogP contribution is -2.42. The molecule has 0 aliphatic rings. The van der Waals surface area contributed by atoms with Crippen molar-refractivity contribution < 1.29 is 0 Å². The van der Waals surface area contributed by atoms with Crippen molar-refractivity contribution >= 4 is 0 Å². The predicted octanol–water partition coefficient (Wildman–Crippen LogP) is 2.69. The van der Waals surface area contributed by atoms with E-state index in [1.165, 1.54) is 12.8 Å². The molecular formula is C11H26N2. The number of hydrazine groups is 1. The molecule has 0 aromatic heterocycles. The second-order valence-corrected chi connectivity index (χ2v) is 5.11. The summed E-state index contributed by atoms with van der Waals surface area (Å²) in [5.41, 5.74) is 3.32. The van der Waals surface area contributed by atoms with E-state index in [1.54, 1.807) is 0 Å². The van der Waals surface area contributed by atoms with Gasteiger partial charge in [-0.25, -0.2) is 0 Å². The molecular weight excluding hydrogens is 160 g/mol. The Morgan fingerprint density at radius 3 is 1.85 bits per heavy atom. The summed E-state index contributed by atoms with van der Waals surface area (Å²) in [6.45, 7) is 11.3. The highest BCUT2D eigenvalue weighted by molar-refractivity contribution is 4.78. The van der Waals surface area contributed by atoms with Gasteiger partial charge >= 0.3 is 0 Å². The highest BCUT2D eigenvalue weighted by atomic mass is 15.2. The zero-order valence-electron chi connectivity index (χ0n) is 9.85. The van der Waals surface area contributed by atoms with E-state index < -0.39 is 0 Å². The summed E-state index contributed by atoms with van der Waals surface area (Å²) in [7, 11) is 0. The Kier molecular flexibility index (Phi) is 5.57. The van der Waals surface area contributed by atoms with Crippen LogP contribution in [0.4, 0.5) is 0 Å². The molecule has 0 aromatic carbocycles. The molecule has 2 nitrogen and oxygen atoms in total. The largest absolute Gasteiger partial charge is 0.271 e. The molecule has 0 aliphatic carbocycles. The molecule has 2 heteroatoms. The zero-order chi connectivity index (χ0) is 10.5. The van der Waals surface area contributed by atoms with Crippen LogP contribution in [-0.2, 0) is 0 Å². The Hall–Kier alpha value is -0.0800. The van der Waals surface area contributed by atoms with Gasteiger partial charge in [0.2, 0.25) is 0 Å². The van der Waals surface area contributed by atoms with E-state index in [2.05, 4.69) is 40.0 Å². The standard InChI is InChI=1S/C11H26N2/c1-6-9(7-2)10(13-12)8-11(3,4)5/h9-10,13H,6-8,12H2,1-5H3. The maximum Gasteiger partial charge on any atom is 0.0243 e. The molecule has 0 saturated carbocycles. The van der Waals surface area contributed by atoms with Gasteiger partial charge in [-0.3, -0.25) is 11.3 Å². The molecule has 13 heavy (non-hydrogen) atoms. The lowest BCUT2D eigenvalue weighted by Gasteiger charge is -2.30. The average molecular weight is 186 g/mol. The third-order valence-electron chi connectivity index (χ3n) is 2.66. The van der Waals surface area contributed by atoms with E-state index in [1.807, 2.05) is 0 Å². The second-order valence-electron chi connectivity index (χ2n) is 5.11. The minimum Gasteiger partial charge on any atom is -0.271 e. The molecule has 1 unspecified atom stereocenters. The minimum absolute atomic E-state index is 0.361. The molecule has 0 fully saturated rings. The molecule has 0 spiro atoms. The molecule has 0 aliphatic heterocycles. The van der Waals surface area contributed by atoms with Crippen molar-refractivity contribution in [3.8, 4) is 0 Å². The van der Waals surface area contributed by atoms with Gasteiger partial charge in [0.1, 0.15) is 0 Å². The van der Waals surface area contributed by atoms with E-state index >= 15 is 0 Å². The fraction of sp³-hybridized carbons (Fsp3) is 1.00. The molecule has 0 rings (SSSR count). The smallest absolute Gasteiger partial charge is 0.0243 e. The van der Waals surface area contributed by atoms with Gasteiger partial charge in [0, 0.05) is 6.04 Å². The topological polar surface area (TPSA) is 38.0 Å². The van der Waals surface area contributed by atoms with Crippen molar-refractivity contribution in [1.82, 2.24) is 5.43 Å². The van der Waals surface area contributed by atoms with Crippen molar-refractivity contribution in [3.05, 3.63) is 0 Å². The second kappa shape index (κ2) is 5.61. The highest BCUT2D eigenvalue weighted by Crippen LogP contribution is 2.26. The van der Waals surface area contributed by atoms with Gasteiger partial charge in [-0.05, 0) is 17.8 Å². The van der Waals surface area contributed by atoms with Crippen molar-refractivity contribution in [2.24, 2.45) is 17.2 Å². The number of hydrogen-bond acceptors (Lipinski definition) is 2. The fourth-order valence-corrected chi connectivity index (χ4v) is 1.88. The maximum absolute atomic E-state index is 5.58. The molecule has 0 saturated heterocycles. The summed E-state index contributed by atoms with van der Waals surface area (Å²) < 4.78 is 0. The van der Waals surface area contributed by atoms with Gasteiger partial charge in [0.25, 0.3) is 0 Å². The summed E-state index contributed by atoms with van der Waals surface area (Å²) in [5.74, 6) is 6.29. The zero-order valence-corrected chi connectivity index (χ0v) is 9.85. The Balaban J connectivity index is 4.15. The summed E-state index contributed by atoms with van der Waals surface area (Å²) in [4.78, 5) is 0. The van der Waals surface area contributed by atoms with Crippen LogP contribution in [0.25, 0.3) is 0 Å². The Morgan fingerprint density at radius 2 is 1.62 bits per heavy atom. The van der Waals surface area contributed by atoms with Crippen LogP contribution in [0.5, 0.6) is 0 Å². The van der Waals surface area contributed by atoms with Gasteiger partial charge in [-0.15, -0.1) is 0 Å². The lowest BCUT2D eigenvalue weighted by atomic mass is 9.81. The third kappa shape index (κ3) is 5.27. The number of nitrogens with two attached hydrogens (primary N) is 1. The summed E-state index contributed by atoms with van der Waals surface area (Å²) >= 11 is 0. The maximum atomic E-state index is 5.58. The molecule has 1 atom stereocenters. The van der Waals surface area contributed by atoms with E-state index in [9.17, 15) is 0 Å². The third-order valence-corrected chi connectivity index (χ3v) is 2.66. The summed E-state index contributed by atoms with van der Waals surface area (Å²) in [6, 6.07) is 0.468. The number of rotatable bonds is 5. The van der Waals surface area contributed by atoms with E-state index in [-0.39, 0.29) is 0 Å². The molecule has 0 heterocycles. The Morgan fingerprint density at radius 1 is 1.15 bits per heavy atom. The minimum atomic E-state index is 0.361. The van der Waals surface area contributed by atoms with E-state index in [0.29, 0.717) is 17.4 Å². The first-order valence-electron chi connectivity index (χ1n) is 5.40. The first-order chi connectivity index (χ1) is 5.94. The molecule has 0 aromatic rings. The number of hydrogen-bond donors (Lipinski definition) is 2. The Labute approximate surface area is 83.2 Å². The van der Waals surface area contributed by atoms with Crippen molar-refractivity contribution in [3.63, 3.8) is 0 Å². The normalized spacial score (nSPS) is 15.0. The summed E-state index contributed by atoms with van der Waals surface area (Å²) in [5, 5.41) is 0. The number of nitrogens with one attached hydrogen (secondary N) is 1. The predicted molar refractivity (Wildman–Crippen MR) is 59.3 cm³/mol. The van der Waals surface area contributed by atoms with Crippen LogP contribution < -0.4 is 11.3 Å². The van der Waals surface area contributed by atoms with Gasteiger partial charge < -0.3 is 0 Å². The van der Waals surface area contributed by atoms with Crippen LogP contribution in [0.3, 0.4) is 0 Å². The van der Waals surface area contributed by atoms with Crippen molar-refractivity contribution in [1.29, 1.82) is 0 Å². The first kappa shape index (κ1) is 12.9. The molecule has 3 N–H and O–H groups in total. The van der Waals surface area contributed by atoms with Crippen LogP contribution in [0, 0.1) is 11.3 Å². The van der Waals surface area contributed by atoms with Crippen LogP contribution in [0.2, 0.25) is 0 Å². The molecule has 0 amide bonds. The molecule has 0 radical (unpaired) electrons. The van der Waals surface area contributed by atoms with Crippen LogP contribution in [0.15, 0.2) is 0 Å². The highest BCUT2D eigenvalue weighted by Gasteiger charge is 2.23. The fourth-order valence-electron chi connectivity index (χ4n) is 1.88. The molecule has 80 valence electrons. The first-order valence-corrected chi connectivity index (χ1v) is 5.40. The molecule has 0 bridgehead atoms. The van der Waals surface area contributed by atoms with Gasteiger partial charge in [0.05, 0.1) is 0 Å². The van der Waals surface area contributed by atoms with Gasteiger partial charge in [-0.1, -0.05) is 47.5 Å². The quantitative estimate of drug-likeness (QED) is 0.512. The van der Waals surface area contributed by atoms with Gasteiger partial charge in [-0.2, -0.15) is 0 Å². The Bertz CT molecular complexity index is 123. The van der Waals surface area contributed by atoms with Crippen LogP contribution in [-0.4, -0.2) is 6.04 Å². The van der Waals surface area contributed by atoms with Gasteiger partial charge in [0.15, 0.2) is 0 Å². The summed E-state index contributed by atoms with van der Waals surface area (Å²) in [6.07, 6.45) is 3.57. The van der Waals surface area contributed by atoms with E-state index in [4.69, 9.17) is 5.84 Å². The van der Waals surface area contributed by atoms with Crippen LogP contribution in [0.1, 0.15) is 53.9 Å². The lowest BCUT2D eigenvalue weighted by molar-refractivity contribution is 0.238. The van der Waals surface area contributed by atoms with Crippen molar-refractivity contribution in [2.45, 2.75) is 59.9 Å². The van der Waals surface area contributed by atoms with E-state index in [0.717, 1.165) is 6.42 Å². The SMILES string of the molecule is CCC(CC)C(CC(C)(C)C)NN. The van der Waals surface area contributed by atoms with Crippen molar-refractivity contribution in [2.75, 3.05) is 0 Å². The average Bonchev–Trinajstić information content (AvgIpc) is 2.02. The van der Waals surface area contributed by atoms with Crippen LogP contribution >= 0.6 is 0 Å².